The number of hydrogen-bond donors (Lipinski definition) is 1. The van der Waals surface area contributed by atoms with E-state index in [2.05, 4.69) is 10.4 Å². The molecule has 0 unspecified atom stereocenters. The van der Waals surface area contributed by atoms with Crippen molar-refractivity contribution < 1.29 is 22.7 Å². The number of carbonyl (C=O) groups excluding carboxylic acids is 1. The molecule has 1 N–H and O–H groups in total. The number of hydrogen-bond acceptors (Lipinski definition) is 7. The maximum absolute atomic E-state index is 13.6. The number of ether oxygens (including phenoxy) is 2. The Balaban J connectivity index is 1.48. The third-order valence-electron chi connectivity index (χ3n) is 6.34. The normalized spacial score (nSPS) is 18.1. The number of aryl methyl sites for hydroxylation is 1. The summed E-state index contributed by atoms with van der Waals surface area (Å²) < 4.78 is 36.8. The summed E-state index contributed by atoms with van der Waals surface area (Å²) >= 11 is 0. The molecule has 0 spiro atoms. The van der Waals surface area contributed by atoms with Gasteiger partial charge in [-0.3, -0.25) is 4.79 Å². The SMILES string of the molecule is Cc1nn([C@@H]2CCS(=O)(=O)C2)c2nc(-c3ccccc3)cc(C(=O)Nc3ccc4c(c3)OCO4)c12. The van der Waals surface area contributed by atoms with Crippen LogP contribution in [0, 0.1) is 6.92 Å². The monoisotopic (exact) mass is 490 g/mol. The highest BCUT2D eigenvalue weighted by atomic mass is 32.2. The molecule has 0 bridgehead atoms. The number of anilines is 1. The van der Waals surface area contributed by atoms with Crippen LogP contribution < -0.4 is 14.8 Å². The summed E-state index contributed by atoms with van der Waals surface area (Å²) in [6, 6.07) is 16.2. The summed E-state index contributed by atoms with van der Waals surface area (Å²) in [5.41, 5.74) is 3.55. The molecule has 2 aromatic carbocycles. The Morgan fingerprint density at radius 3 is 2.66 bits per heavy atom. The standard InChI is InChI=1S/C25H22N4O5S/c1-15-23-19(25(30)26-17-7-8-21-22(11-17)34-14-33-21)12-20(16-5-3-2-4-6-16)27-24(23)29(28-15)18-9-10-35(31,32)13-18/h2-8,11-12,18H,9-10,13-14H2,1H3,(H,26,30)/t18-/m1/s1. The van der Waals surface area contributed by atoms with E-state index in [-0.39, 0.29) is 30.2 Å². The summed E-state index contributed by atoms with van der Waals surface area (Å²) in [5.74, 6) is 1.01. The second kappa shape index (κ2) is 8.09. The Hall–Kier alpha value is -3.92. The molecular weight excluding hydrogens is 468 g/mol. The van der Waals surface area contributed by atoms with Crippen molar-refractivity contribution in [2.45, 2.75) is 19.4 Å². The number of nitrogens with zero attached hydrogens (tertiary/aromatic N) is 3. The molecule has 35 heavy (non-hydrogen) atoms. The van der Waals surface area contributed by atoms with Gasteiger partial charge in [0, 0.05) is 17.3 Å². The van der Waals surface area contributed by atoms with Gasteiger partial charge in [0.25, 0.3) is 5.91 Å². The van der Waals surface area contributed by atoms with Crippen molar-refractivity contribution in [1.82, 2.24) is 14.8 Å². The second-order valence-electron chi connectivity index (χ2n) is 8.73. The number of fused-ring (bicyclic) bond motifs is 2. The summed E-state index contributed by atoms with van der Waals surface area (Å²) in [6.45, 7) is 1.96. The molecule has 2 aromatic heterocycles. The number of carbonyl (C=O) groups is 1. The molecule has 2 aliphatic rings. The van der Waals surface area contributed by atoms with Crippen molar-refractivity contribution in [3.63, 3.8) is 0 Å². The van der Waals surface area contributed by atoms with Gasteiger partial charge in [-0.25, -0.2) is 18.1 Å². The molecule has 6 rings (SSSR count). The van der Waals surface area contributed by atoms with Crippen LogP contribution in [0.15, 0.2) is 54.6 Å². The quantitative estimate of drug-likeness (QED) is 0.464. The van der Waals surface area contributed by atoms with Crippen molar-refractivity contribution in [1.29, 1.82) is 0 Å². The van der Waals surface area contributed by atoms with Crippen molar-refractivity contribution in [2.24, 2.45) is 0 Å². The van der Waals surface area contributed by atoms with Crippen LogP contribution in [0.2, 0.25) is 0 Å². The van der Waals surface area contributed by atoms with Gasteiger partial charge in [-0.05, 0) is 31.5 Å². The van der Waals surface area contributed by atoms with Gasteiger partial charge in [-0.2, -0.15) is 5.10 Å². The molecule has 4 heterocycles. The van der Waals surface area contributed by atoms with Gasteiger partial charge in [0.05, 0.1) is 39.9 Å². The van der Waals surface area contributed by atoms with Crippen molar-refractivity contribution >= 4 is 32.5 Å². The number of aromatic nitrogens is 3. The highest BCUT2D eigenvalue weighted by Gasteiger charge is 2.32. The fourth-order valence-corrected chi connectivity index (χ4v) is 6.34. The smallest absolute Gasteiger partial charge is 0.256 e. The Bertz CT molecular complexity index is 1580. The largest absolute Gasteiger partial charge is 0.454 e. The van der Waals surface area contributed by atoms with Crippen molar-refractivity contribution in [3.05, 3.63) is 65.9 Å². The van der Waals surface area contributed by atoms with Gasteiger partial charge < -0.3 is 14.8 Å². The van der Waals surface area contributed by atoms with E-state index in [9.17, 15) is 13.2 Å². The van der Waals surface area contributed by atoms with Crippen LogP contribution >= 0.6 is 0 Å². The van der Waals surface area contributed by atoms with Crippen LogP contribution in [0.4, 0.5) is 5.69 Å². The van der Waals surface area contributed by atoms with Crippen LogP contribution in [-0.2, 0) is 9.84 Å². The van der Waals surface area contributed by atoms with Gasteiger partial charge >= 0.3 is 0 Å². The predicted molar refractivity (Wildman–Crippen MR) is 131 cm³/mol. The van der Waals surface area contributed by atoms with Crippen molar-refractivity contribution in [2.75, 3.05) is 23.6 Å². The summed E-state index contributed by atoms with van der Waals surface area (Å²) in [5, 5.41) is 8.19. The third kappa shape index (κ3) is 3.89. The number of rotatable bonds is 4. The molecule has 10 heteroatoms. The third-order valence-corrected chi connectivity index (χ3v) is 8.09. The van der Waals surface area contributed by atoms with Crippen LogP contribution in [-0.4, -0.2) is 47.4 Å². The molecule has 1 atom stereocenters. The zero-order valence-corrected chi connectivity index (χ0v) is 19.7. The summed E-state index contributed by atoms with van der Waals surface area (Å²) in [6.07, 6.45) is 0.467. The molecule has 0 saturated carbocycles. The first-order valence-corrected chi connectivity index (χ1v) is 13.1. The minimum atomic E-state index is -3.13. The van der Waals surface area contributed by atoms with E-state index in [1.807, 2.05) is 37.3 Å². The molecule has 1 fully saturated rings. The number of benzene rings is 2. The maximum atomic E-state index is 13.6. The van der Waals surface area contributed by atoms with E-state index in [1.54, 1.807) is 28.9 Å². The van der Waals surface area contributed by atoms with Crippen LogP contribution in [0.1, 0.15) is 28.5 Å². The van der Waals surface area contributed by atoms with E-state index in [1.165, 1.54) is 0 Å². The fourth-order valence-electron chi connectivity index (χ4n) is 4.64. The van der Waals surface area contributed by atoms with Gasteiger partial charge in [0.2, 0.25) is 6.79 Å². The first-order chi connectivity index (χ1) is 16.9. The molecule has 1 saturated heterocycles. The zero-order chi connectivity index (χ0) is 24.2. The predicted octanol–water partition coefficient (Wildman–Crippen LogP) is 3.75. The highest BCUT2D eigenvalue weighted by molar-refractivity contribution is 7.91. The minimum absolute atomic E-state index is 0.0131. The molecule has 0 radical (unpaired) electrons. The van der Waals surface area contributed by atoms with E-state index in [0.29, 0.717) is 51.6 Å². The topological polar surface area (TPSA) is 112 Å². The molecule has 1 amide bonds. The Morgan fingerprint density at radius 2 is 1.89 bits per heavy atom. The lowest BCUT2D eigenvalue weighted by Crippen LogP contribution is -2.15. The van der Waals surface area contributed by atoms with E-state index >= 15 is 0 Å². The molecule has 2 aliphatic heterocycles. The molecule has 0 aliphatic carbocycles. The van der Waals surface area contributed by atoms with E-state index in [0.717, 1.165) is 5.56 Å². The summed E-state index contributed by atoms with van der Waals surface area (Å²) in [7, 11) is -3.13. The number of sulfone groups is 1. The fraction of sp³-hybridized carbons (Fsp3) is 0.240. The Labute approximate surface area is 201 Å². The molecule has 9 nitrogen and oxygen atoms in total. The van der Waals surface area contributed by atoms with Crippen LogP contribution in [0.3, 0.4) is 0 Å². The first kappa shape index (κ1) is 21.6. The lowest BCUT2D eigenvalue weighted by molar-refractivity contribution is 0.102. The van der Waals surface area contributed by atoms with Gasteiger partial charge in [0.15, 0.2) is 27.0 Å². The number of amides is 1. The molecular formula is C25H22N4O5S. The average Bonchev–Trinajstić information content (AvgIpc) is 3.55. The number of pyridine rings is 1. The van der Waals surface area contributed by atoms with E-state index in [4.69, 9.17) is 14.5 Å². The Kier molecular flexibility index (Phi) is 4.99. The number of nitrogens with one attached hydrogen (secondary N) is 1. The lowest BCUT2D eigenvalue weighted by Gasteiger charge is -2.12. The second-order valence-corrected chi connectivity index (χ2v) is 11.0. The van der Waals surface area contributed by atoms with Crippen LogP contribution in [0.25, 0.3) is 22.3 Å². The zero-order valence-electron chi connectivity index (χ0n) is 18.9. The Morgan fingerprint density at radius 1 is 1.09 bits per heavy atom. The van der Waals surface area contributed by atoms with Gasteiger partial charge in [0.1, 0.15) is 0 Å². The van der Waals surface area contributed by atoms with Crippen molar-refractivity contribution in [3.8, 4) is 22.8 Å². The van der Waals surface area contributed by atoms with Gasteiger partial charge in [-0.1, -0.05) is 30.3 Å². The van der Waals surface area contributed by atoms with Crippen LogP contribution in [0.5, 0.6) is 11.5 Å². The lowest BCUT2D eigenvalue weighted by atomic mass is 10.0. The first-order valence-electron chi connectivity index (χ1n) is 11.2. The van der Waals surface area contributed by atoms with E-state index < -0.39 is 9.84 Å². The maximum Gasteiger partial charge on any atom is 0.256 e. The summed E-state index contributed by atoms with van der Waals surface area (Å²) in [4.78, 5) is 18.4. The van der Waals surface area contributed by atoms with Gasteiger partial charge in [-0.15, -0.1) is 0 Å². The molecule has 4 aromatic rings. The molecule has 178 valence electrons. The highest BCUT2D eigenvalue weighted by Crippen LogP contribution is 2.35. The minimum Gasteiger partial charge on any atom is -0.454 e. The average molecular weight is 491 g/mol.